The van der Waals surface area contributed by atoms with Crippen LogP contribution in [0.25, 0.3) is 0 Å². The lowest BCUT2D eigenvalue weighted by Crippen LogP contribution is -2.50. The van der Waals surface area contributed by atoms with E-state index in [0.717, 1.165) is 0 Å². The first-order valence-corrected chi connectivity index (χ1v) is 11.1. The molecule has 0 unspecified atom stereocenters. The van der Waals surface area contributed by atoms with Gasteiger partial charge in [0.2, 0.25) is 15.9 Å². The van der Waals surface area contributed by atoms with E-state index in [1.807, 2.05) is 0 Å². The minimum atomic E-state index is -3.81. The van der Waals surface area contributed by atoms with Crippen LogP contribution in [-0.2, 0) is 14.8 Å². The molecule has 0 radical (unpaired) electrons. The van der Waals surface area contributed by atoms with Crippen LogP contribution in [-0.4, -0.2) is 56.3 Å². The first-order chi connectivity index (χ1) is 13.8. The molecule has 2 aromatic carbocycles. The molecule has 1 fully saturated rings. The fourth-order valence-electron chi connectivity index (χ4n) is 2.97. The molecule has 0 aromatic heterocycles. The molecule has 2 aromatic rings. The standard InChI is InChI=1S/C19H19Cl2FN2O4S/c20-14-4-3-7-17(19(14)21)29(26,27)24-11-9-23(10-12-24)18(25)8-13-28-16-6-2-1-5-15(16)22/h1-7H,8-13H2. The maximum Gasteiger partial charge on any atom is 0.244 e. The number of carbonyl (C=O) groups is 1. The Morgan fingerprint density at radius 1 is 1.03 bits per heavy atom. The van der Waals surface area contributed by atoms with Gasteiger partial charge in [0.15, 0.2) is 11.6 Å². The van der Waals surface area contributed by atoms with Crippen LogP contribution in [0.15, 0.2) is 47.4 Å². The highest BCUT2D eigenvalue weighted by Gasteiger charge is 2.31. The number of hydrogen-bond donors (Lipinski definition) is 0. The Kier molecular flexibility index (Phi) is 7.00. The van der Waals surface area contributed by atoms with Gasteiger partial charge in [0, 0.05) is 26.2 Å². The fourth-order valence-corrected chi connectivity index (χ4v) is 5.13. The zero-order valence-corrected chi connectivity index (χ0v) is 17.7. The van der Waals surface area contributed by atoms with E-state index in [1.54, 1.807) is 17.0 Å². The minimum absolute atomic E-state index is 0.0158. The van der Waals surface area contributed by atoms with Gasteiger partial charge in [-0.25, -0.2) is 12.8 Å². The van der Waals surface area contributed by atoms with Crippen molar-refractivity contribution in [2.24, 2.45) is 0 Å². The average Bonchev–Trinajstić information content (AvgIpc) is 2.71. The monoisotopic (exact) mass is 460 g/mol. The topological polar surface area (TPSA) is 66.9 Å². The highest BCUT2D eigenvalue weighted by atomic mass is 35.5. The van der Waals surface area contributed by atoms with E-state index >= 15 is 0 Å². The minimum Gasteiger partial charge on any atom is -0.490 e. The van der Waals surface area contributed by atoms with E-state index in [9.17, 15) is 17.6 Å². The van der Waals surface area contributed by atoms with Crippen LogP contribution in [0.2, 0.25) is 10.0 Å². The molecule has 0 atom stereocenters. The van der Waals surface area contributed by atoms with Gasteiger partial charge < -0.3 is 9.64 Å². The van der Waals surface area contributed by atoms with E-state index in [2.05, 4.69) is 0 Å². The van der Waals surface area contributed by atoms with Gasteiger partial charge in [0.25, 0.3) is 0 Å². The lowest BCUT2D eigenvalue weighted by Gasteiger charge is -2.34. The van der Waals surface area contributed by atoms with E-state index in [-0.39, 0.29) is 65.8 Å². The molecular formula is C19H19Cl2FN2O4S. The number of piperazine rings is 1. The molecule has 3 rings (SSSR count). The SMILES string of the molecule is O=C(CCOc1ccccc1F)N1CCN(S(=O)(=O)c2cccc(Cl)c2Cl)CC1. The summed E-state index contributed by atoms with van der Waals surface area (Å²) in [6, 6.07) is 10.4. The summed E-state index contributed by atoms with van der Waals surface area (Å²) in [5, 5.41) is 0.148. The normalized spacial score (nSPS) is 15.3. The Morgan fingerprint density at radius 3 is 2.41 bits per heavy atom. The van der Waals surface area contributed by atoms with Gasteiger partial charge in [-0.15, -0.1) is 0 Å². The summed E-state index contributed by atoms with van der Waals surface area (Å²) in [5.74, 6) is -0.577. The van der Waals surface area contributed by atoms with Crippen molar-refractivity contribution in [2.75, 3.05) is 32.8 Å². The van der Waals surface area contributed by atoms with Gasteiger partial charge in [0.1, 0.15) is 4.90 Å². The Bertz CT molecular complexity index is 995. The molecule has 0 aliphatic carbocycles. The van der Waals surface area contributed by atoms with Crippen molar-refractivity contribution in [3.63, 3.8) is 0 Å². The van der Waals surface area contributed by atoms with Crippen LogP contribution in [0.1, 0.15) is 6.42 Å². The second kappa shape index (κ2) is 9.30. The molecule has 6 nitrogen and oxygen atoms in total. The van der Waals surface area contributed by atoms with Gasteiger partial charge in [-0.3, -0.25) is 4.79 Å². The second-order valence-corrected chi connectivity index (χ2v) is 9.06. The highest BCUT2D eigenvalue weighted by molar-refractivity contribution is 7.89. The number of benzene rings is 2. The van der Waals surface area contributed by atoms with Crippen molar-refractivity contribution < 1.29 is 22.3 Å². The van der Waals surface area contributed by atoms with Gasteiger partial charge in [0.05, 0.1) is 23.1 Å². The summed E-state index contributed by atoms with van der Waals surface area (Å²) in [5.41, 5.74) is 0. The molecule has 1 aliphatic heterocycles. The van der Waals surface area contributed by atoms with E-state index in [1.165, 1.54) is 34.6 Å². The molecule has 0 saturated carbocycles. The maximum absolute atomic E-state index is 13.5. The predicted molar refractivity (Wildman–Crippen MR) is 108 cm³/mol. The number of sulfonamides is 1. The maximum atomic E-state index is 13.5. The number of nitrogens with zero attached hydrogens (tertiary/aromatic N) is 2. The lowest BCUT2D eigenvalue weighted by atomic mass is 10.3. The Labute approximate surface area is 178 Å². The van der Waals surface area contributed by atoms with Crippen molar-refractivity contribution in [3.05, 3.63) is 58.3 Å². The fraction of sp³-hybridized carbons (Fsp3) is 0.316. The number of carbonyl (C=O) groups excluding carboxylic acids is 1. The van der Waals surface area contributed by atoms with Crippen molar-refractivity contribution in [3.8, 4) is 5.75 Å². The first kappa shape index (κ1) is 21.8. The molecule has 1 saturated heterocycles. The number of rotatable bonds is 6. The van der Waals surface area contributed by atoms with Crippen molar-refractivity contribution in [1.82, 2.24) is 9.21 Å². The van der Waals surface area contributed by atoms with E-state index < -0.39 is 15.8 Å². The number of hydrogen-bond acceptors (Lipinski definition) is 4. The molecule has 0 bridgehead atoms. The molecular weight excluding hydrogens is 442 g/mol. The number of amides is 1. The van der Waals surface area contributed by atoms with Crippen LogP contribution >= 0.6 is 23.2 Å². The first-order valence-electron chi connectivity index (χ1n) is 8.90. The third-order valence-corrected chi connectivity index (χ3v) is 7.41. The zero-order chi connectivity index (χ0) is 21.0. The number of para-hydroxylation sites is 1. The van der Waals surface area contributed by atoms with Gasteiger partial charge in [-0.1, -0.05) is 41.4 Å². The third-order valence-electron chi connectivity index (χ3n) is 4.54. The summed E-state index contributed by atoms with van der Waals surface area (Å²) in [7, 11) is -3.81. The quantitative estimate of drug-likeness (QED) is 0.661. The Balaban J connectivity index is 1.54. The summed E-state index contributed by atoms with van der Waals surface area (Å²) < 4.78 is 45.7. The van der Waals surface area contributed by atoms with Crippen LogP contribution < -0.4 is 4.74 Å². The van der Waals surface area contributed by atoms with Crippen molar-refractivity contribution in [2.45, 2.75) is 11.3 Å². The van der Waals surface area contributed by atoms with Crippen LogP contribution in [0.3, 0.4) is 0 Å². The molecule has 1 amide bonds. The third kappa shape index (κ3) is 5.01. The number of halogens is 3. The second-order valence-electron chi connectivity index (χ2n) is 6.37. The summed E-state index contributed by atoms with van der Waals surface area (Å²) >= 11 is 12.0. The molecule has 156 valence electrons. The Morgan fingerprint density at radius 2 is 1.72 bits per heavy atom. The van der Waals surface area contributed by atoms with E-state index in [4.69, 9.17) is 27.9 Å². The highest BCUT2D eigenvalue weighted by Crippen LogP contribution is 2.31. The summed E-state index contributed by atoms with van der Waals surface area (Å²) in [4.78, 5) is 13.9. The van der Waals surface area contributed by atoms with Gasteiger partial charge in [-0.2, -0.15) is 4.31 Å². The zero-order valence-electron chi connectivity index (χ0n) is 15.4. The van der Waals surface area contributed by atoms with Crippen LogP contribution in [0, 0.1) is 5.82 Å². The van der Waals surface area contributed by atoms with Gasteiger partial charge in [-0.05, 0) is 24.3 Å². The smallest absolute Gasteiger partial charge is 0.244 e. The molecule has 10 heteroatoms. The van der Waals surface area contributed by atoms with E-state index in [0.29, 0.717) is 0 Å². The average molecular weight is 461 g/mol. The summed E-state index contributed by atoms with van der Waals surface area (Å²) in [6.45, 7) is 0.818. The lowest BCUT2D eigenvalue weighted by molar-refractivity contribution is -0.132. The van der Waals surface area contributed by atoms with Crippen LogP contribution in [0.4, 0.5) is 4.39 Å². The van der Waals surface area contributed by atoms with Gasteiger partial charge >= 0.3 is 0 Å². The largest absolute Gasteiger partial charge is 0.490 e. The summed E-state index contributed by atoms with van der Waals surface area (Å²) in [6.07, 6.45) is 0.0706. The van der Waals surface area contributed by atoms with Crippen molar-refractivity contribution >= 4 is 39.1 Å². The molecule has 1 heterocycles. The molecule has 0 spiro atoms. The molecule has 0 N–H and O–H groups in total. The Hall–Kier alpha value is -1.87. The van der Waals surface area contributed by atoms with Crippen LogP contribution in [0.5, 0.6) is 5.75 Å². The van der Waals surface area contributed by atoms with Crippen molar-refractivity contribution in [1.29, 1.82) is 0 Å². The molecule has 1 aliphatic rings. The number of ether oxygens (including phenoxy) is 1. The molecule has 29 heavy (non-hydrogen) atoms. The predicted octanol–water partition coefficient (Wildman–Crippen LogP) is 3.43.